The average Bonchev–Trinajstić information content (AvgIpc) is 2.39. The van der Waals surface area contributed by atoms with Gasteiger partial charge in [0.05, 0.1) is 34.2 Å². The minimum Gasteiger partial charge on any atom is -0.434 e. The maximum atomic E-state index is 11.7. The molecule has 0 aromatic heterocycles. The van der Waals surface area contributed by atoms with Crippen LogP contribution in [0.25, 0.3) is 0 Å². The largest absolute Gasteiger partial charge is 0.508 e. The van der Waals surface area contributed by atoms with E-state index in [4.69, 9.17) is 21.1 Å². The Morgan fingerprint density at radius 2 is 1.57 bits per heavy atom. The fourth-order valence-corrected chi connectivity index (χ4v) is 2.49. The zero-order valence-corrected chi connectivity index (χ0v) is 15.9. The molecular weight excluding hydrogens is 318 g/mol. The minimum absolute atomic E-state index is 0.00358. The van der Waals surface area contributed by atoms with Crippen LogP contribution in [0, 0.1) is 0 Å². The Morgan fingerprint density at radius 3 is 2.09 bits per heavy atom. The molecule has 23 heavy (non-hydrogen) atoms. The van der Waals surface area contributed by atoms with Crippen molar-refractivity contribution in [2.45, 2.75) is 64.4 Å². The van der Waals surface area contributed by atoms with Crippen LogP contribution in [0.5, 0.6) is 0 Å². The lowest BCUT2D eigenvalue weighted by atomic mass is 10.1. The maximum absolute atomic E-state index is 11.7. The zero-order chi connectivity index (χ0) is 17.7. The van der Waals surface area contributed by atoms with Crippen LogP contribution in [-0.2, 0) is 14.3 Å². The maximum Gasteiger partial charge on any atom is 0.508 e. The molecule has 0 aliphatic carbocycles. The smallest absolute Gasteiger partial charge is 0.434 e. The summed E-state index contributed by atoms with van der Waals surface area (Å²) in [7, 11) is 5.87. The molecule has 0 spiro atoms. The SMILES string of the molecule is CCCCCCCCCOC(=O)OC(CC(=O)Cl)C[N+](C)(C)C. The van der Waals surface area contributed by atoms with Crippen LogP contribution in [-0.4, -0.2) is 56.3 Å². The third-order valence-electron chi connectivity index (χ3n) is 3.37. The van der Waals surface area contributed by atoms with Crippen LogP contribution in [0.1, 0.15) is 58.3 Å². The number of rotatable bonds is 13. The molecule has 0 aliphatic rings. The summed E-state index contributed by atoms with van der Waals surface area (Å²) in [6, 6.07) is 0. The van der Waals surface area contributed by atoms with Crippen LogP contribution in [0.15, 0.2) is 0 Å². The summed E-state index contributed by atoms with van der Waals surface area (Å²) < 4.78 is 10.9. The Balaban J connectivity index is 3.88. The molecule has 6 heteroatoms. The number of halogens is 1. The number of unbranched alkanes of at least 4 members (excludes halogenated alkanes) is 6. The first-order chi connectivity index (χ1) is 10.7. The first-order valence-electron chi connectivity index (χ1n) is 8.56. The molecule has 0 aromatic rings. The standard InChI is InChI=1S/C17H33ClNO4/c1-5-6-7-8-9-10-11-12-22-17(21)23-15(13-16(18)20)14-19(2,3)4/h15H,5-14H2,1-4H3/q+1. The van der Waals surface area contributed by atoms with Crippen molar-refractivity contribution >= 4 is 23.0 Å². The molecule has 136 valence electrons. The molecule has 0 bridgehead atoms. The number of likely N-dealkylation sites (N-methyl/N-ethyl adjacent to an activating group) is 1. The van der Waals surface area contributed by atoms with Gasteiger partial charge in [0.1, 0.15) is 6.54 Å². The second kappa shape index (κ2) is 12.6. The van der Waals surface area contributed by atoms with Crippen molar-refractivity contribution in [1.29, 1.82) is 0 Å². The quantitative estimate of drug-likeness (QED) is 0.217. The zero-order valence-electron chi connectivity index (χ0n) is 15.1. The van der Waals surface area contributed by atoms with Gasteiger partial charge in [-0.3, -0.25) is 4.79 Å². The lowest BCUT2D eigenvalue weighted by Gasteiger charge is -2.28. The average molecular weight is 351 g/mol. The molecule has 0 aliphatic heterocycles. The van der Waals surface area contributed by atoms with Crippen LogP contribution in [0.4, 0.5) is 4.79 Å². The van der Waals surface area contributed by atoms with Gasteiger partial charge in [-0.25, -0.2) is 4.79 Å². The van der Waals surface area contributed by atoms with Crippen molar-refractivity contribution in [2.75, 3.05) is 34.3 Å². The number of carbonyl (C=O) groups is 2. The van der Waals surface area contributed by atoms with Gasteiger partial charge in [0.2, 0.25) is 5.24 Å². The van der Waals surface area contributed by atoms with E-state index in [0.717, 1.165) is 12.8 Å². The summed E-state index contributed by atoms with van der Waals surface area (Å²) in [6.45, 7) is 3.06. The summed E-state index contributed by atoms with van der Waals surface area (Å²) in [6.07, 6.45) is 6.85. The predicted octanol–water partition coefficient (Wildman–Crippen LogP) is 4.12. The number of carbonyl (C=O) groups excluding carboxylic acids is 2. The van der Waals surface area contributed by atoms with Gasteiger partial charge in [-0.05, 0) is 18.0 Å². The van der Waals surface area contributed by atoms with Crippen molar-refractivity contribution < 1.29 is 23.5 Å². The molecule has 0 fully saturated rings. The van der Waals surface area contributed by atoms with Crippen LogP contribution in [0.3, 0.4) is 0 Å². The molecule has 0 radical (unpaired) electrons. The van der Waals surface area contributed by atoms with Crippen molar-refractivity contribution in [3.63, 3.8) is 0 Å². The number of hydrogen-bond acceptors (Lipinski definition) is 4. The van der Waals surface area contributed by atoms with E-state index in [2.05, 4.69) is 6.92 Å². The molecule has 0 saturated carbocycles. The topological polar surface area (TPSA) is 52.6 Å². The van der Waals surface area contributed by atoms with E-state index >= 15 is 0 Å². The summed E-state index contributed by atoms with van der Waals surface area (Å²) in [4.78, 5) is 22.7. The molecular formula is C17H33ClNO4+. The molecule has 5 nitrogen and oxygen atoms in total. The molecule has 0 aromatic carbocycles. The van der Waals surface area contributed by atoms with Crippen LogP contribution >= 0.6 is 11.6 Å². The van der Waals surface area contributed by atoms with Crippen molar-refractivity contribution in [2.24, 2.45) is 0 Å². The van der Waals surface area contributed by atoms with E-state index in [-0.39, 0.29) is 6.42 Å². The Kier molecular flexibility index (Phi) is 12.1. The Hall–Kier alpha value is -0.810. The first-order valence-corrected chi connectivity index (χ1v) is 8.94. The molecule has 1 atom stereocenters. The van der Waals surface area contributed by atoms with E-state index in [1.165, 1.54) is 32.1 Å². The van der Waals surface area contributed by atoms with Gasteiger partial charge in [0, 0.05) is 0 Å². The van der Waals surface area contributed by atoms with E-state index in [1.54, 1.807) is 0 Å². The van der Waals surface area contributed by atoms with E-state index in [1.807, 2.05) is 21.1 Å². The van der Waals surface area contributed by atoms with E-state index in [9.17, 15) is 9.59 Å². The number of quaternary nitrogens is 1. The summed E-state index contributed by atoms with van der Waals surface area (Å²) in [5.74, 6) is 0. The normalized spacial score (nSPS) is 12.7. The van der Waals surface area contributed by atoms with Crippen LogP contribution in [0.2, 0.25) is 0 Å². The number of hydrogen-bond donors (Lipinski definition) is 0. The first kappa shape index (κ1) is 22.2. The van der Waals surface area contributed by atoms with E-state index < -0.39 is 17.5 Å². The molecule has 1 unspecified atom stereocenters. The highest BCUT2D eigenvalue weighted by molar-refractivity contribution is 6.63. The summed E-state index contributed by atoms with van der Waals surface area (Å²) >= 11 is 5.40. The lowest BCUT2D eigenvalue weighted by molar-refractivity contribution is -0.873. The van der Waals surface area contributed by atoms with Crippen LogP contribution < -0.4 is 0 Å². The van der Waals surface area contributed by atoms with Gasteiger partial charge in [-0.1, -0.05) is 45.4 Å². The number of ether oxygens (including phenoxy) is 2. The Bertz CT molecular complexity index is 342. The van der Waals surface area contributed by atoms with Crippen molar-refractivity contribution in [3.05, 3.63) is 0 Å². The van der Waals surface area contributed by atoms with Gasteiger partial charge < -0.3 is 14.0 Å². The molecule has 0 saturated heterocycles. The fourth-order valence-electron chi connectivity index (χ4n) is 2.32. The highest BCUT2D eigenvalue weighted by atomic mass is 35.5. The second-order valence-corrected chi connectivity index (χ2v) is 7.41. The van der Waals surface area contributed by atoms with Gasteiger partial charge in [-0.15, -0.1) is 0 Å². The molecule has 0 rings (SSSR count). The third kappa shape index (κ3) is 15.8. The van der Waals surface area contributed by atoms with Crippen molar-refractivity contribution in [3.8, 4) is 0 Å². The highest BCUT2D eigenvalue weighted by Gasteiger charge is 2.24. The highest BCUT2D eigenvalue weighted by Crippen LogP contribution is 2.10. The van der Waals surface area contributed by atoms with E-state index in [0.29, 0.717) is 17.6 Å². The molecule has 0 amide bonds. The Labute approximate surface area is 145 Å². The Morgan fingerprint density at radius 1 is 1.00 bits per heavy atom. The predicted molar refractivity (Wildman–Crippen MR) is 92.6 cm³/mol. The summed E-state index contributed by atoms with van der Waals surface area (Å²) in [5.41, 5.74) is 0. The van der Waals surface area contributed by atoms with Gasteiger partial charge in [0.25, 0.3) is 0 Å². The van der Waals surface area contributed by atoms with Gasteiger partial charge in [-0.2, -0.15) is 0 Å². The monoisotopic (exact) mass is 350 g/mol. The number of nitrogens with zero attached hydrogens (tertiary/aromatic N) is 1. The minimum atomic E-state index is -0.715. The summed E-state index contributed by atoms with van der Waals surface area (Å²) in [5, 5.41) is -0.511. The second-order valence-electron chi connectivity index (χ2n) is 6.99. The molecule has 0 heterocycles. The third-order valence-corrected chi connectivity index (χ3v) is 3.52. The lowest BCUT2D eigenvalue weighted by Crippen LogP contribution is -2.43. The molecule has 0 N–H and O–H groups in total. The van der Waals surface area contributed by atoms with Gasteiger partial charge in [0.15, 0.2) is 6.10 Å². The van der Waals surface area contributed by atoms with Crippen molar-refractivity contribution in [1.82, 2.24) is 0 Å². The fraction of sp³-hybridized carbons (Fsp3) is 0.882. The van der Waals surface area contributed by atoms with Gasteiger partial charge >= 0.3 is 6.16 Å².